The lowest BCUT2D eigenvalue weighted by Crippen LogP contribution is -2.03. The minimum Gasteiger partial charge on any atom is -0.236 e. The van der Waals surface area contributed by atoms with Crippen LogP contribution in [0.25, 0.3) is 30.9 Å². The molecule has 0 bridgehead atoms. The third-order valence-corrected chi connectivity index (χ3v) is 7.78. The van der Waals surface area contributed by atoms with Gasteiger partial charge in [-0.1, -0.05) is 30.3 Å². The van der Waals surface area contributed by atoms with Gasteiger partial charge in [0.05, 0.1) is 15.8 Å². The van der Waals surface area contributed by atoms with E-state index in [0.717, 1.165) is 38.7 Å². The number of thiazole rings is 1. The average Bonchev–Trinajstić information content (AvgIpc) is 3.38. The fourth-order valence-corrected chi connectivity index (χ4v) is 6.08. The van der Waals surface area contributed by atoms with E-state index < -0.39 is 11.7 Å². The molecule has 5 rings (SSSR count). The lowest BCUT2D eigenvalue weighted by molar-refractivity contribution is -0.137. The molecule has 0 aliphatic carbocycles. The van der Waals surface area contributed by atoms with Gasteiger partial charge in [0.25, 0.3) is 0 Å². The number of aromatic nitrogens is 1. The molecule has 0 atom stereocenters. The van der Waals surface area contributed by atoms with Crippen molar-refractivity contribution >= 4 is 54.7 Å². The molecule has 150 valence electrons. The summed E-state index contributed by atoms with van der Waals surface area (Å²) in [6.07, 6.45) is -4.33. The van der Waals surface area contributed by atoms with Crippen LogP contribution in [-0.2, 0) is 11.9 Å². The monoisotopic (exact) mass is 457 g/mol. The second kappa shape index (κ2) is 7.72. The predicted molar refractivity (Wildman–Crippen MR) is 121 cm³/mol. The SMILES string of the molecule is FC(F)(F)c1ccc(-c2nc3c(CSc4ccc5ccsc5c4)cccc3s2)cc1. The maximum absolute atomic E-state index is 12.8. The molecule has 5 aromatic rings. The fraction of sp³-hybridized carbons (Fsp3) is 0.0870. The van der Waals surface area contributed by atoms with E-state index in [1.807, 2.05) is 12.1 Å². The maximum atomic E-state index is 12.8. The molecule has 30 heavy (non-hydrogen) atoms. The summed E-state index contributed by atoms with van der Waals surface area (Å²) in [5.41, 5.74) is 2.10. The number of alkyl halides is 3. The molecule has 2 heterocycles. The van der Waals surface area contributed by atoms with Gasteiger partial charge in [-0.2, -0.15) is 13.2 Å². The molecule has 2 aromatic heterocycles. The van der Waals surface area contributed by atoms with Crippen LogP contribution in [0.4, 0.5) is 13.2 Å². The Morgan fingerprint density at radius 2 is 1.73 bits per heavy atom. The van der Waals surface area contributed by atoms with Gasteiger partial charge < -0.3 is 0 Å². The summed E-state index contributed by atoms with van der Waals surface area (Å²) < 4.78 is 40.8. The normalized spacial score (nSPS) is 12.1. The smallest absolute Gasteiger partial charge is 0.236 e. The van der Waals surface area contributed by atoms with Crippen molar-refractivity contribution in [3.05, 3.63) is 83.2 Å². The van der Waals surface area contributed by atoms with Crippen molar-refractivity contribution in [1.82, 2.24) is 4.98 Å². The molecule has 0 radical (unpaired) electrons. The number of benzene rings is 3. The number of thiophene rings is 1. The highest BCUT2D eigenvalue weighted by Crippen LogP contribution is 2.36. The molecule has 0 fully saturated rings. The fourth-order valence-electron chi connectivity index (χ4n) is 3.23. The highest BCUT2D eigenvalue weighted by atomic mass is 32.2. The first-order valence-corrected chi connectivity index (χ1v) is 11.8. The molecule has 0 aliphatic rings. The van der Waals surface area contributed by atoms with Crippen LogP contribution >= 0.6 is 34.4 Å². The van der Waals surface area contributed by atoms with E-state index in [1.165, 1.54) is 38.5 Å². The lowest BCUT2D eigenvalue weighted by Gasteiger charge is -2.06. The summed E-state index contributed by atoms with van der Waals surface area (Å²) in [5.74, 6) is 0.782. The van der Waals surface area contributed by atoms with Gasteiger partial charge in [-0.25, -0.2) is 4.98 Å². The molecule has 0 saturated carbocycles. The van der Waals surface area contributed by atoms with E-state index in [2.05, 4.69) is 35.7 Å². The Balaban J connectivity index is 1.42. The summed E-state index contributed by atoms with van der Waals surface area (Å²) in [5, 5.41) is 4.08. The van der Waals surface area contributed by atoms with Gasteiger partial charge in [-0.05, 0) is 52.7 Å². The van der Waals surface area contributed by atoms with Crippen molar-refractivity contribution in [3.8, 4) is 10.6 Å². The molecule has 0 amide bonds. The molecular weight excluding hydrogens is 443 g/mol. The molecule has 0 unspecified atom stereocenters. The molecule has 7 heteroatoms. The van der Waals surface area contributed by atoms with Gasteiger partial charge in [-0.3, -0.25) is 0 Å². The van der Waals surface area contributed by atoms with Crippen LogP contribution in [0.2, 0.25) is 0 Å². The molecule has 0 saturated heterocycles. The molecule has 0 N–H and O–H groups in total. The largest absolute Gasteiger partial charge is 0.416 e. The van der Waals surface area contributed by atoms with Crippen LogP contribution in [0.3, 0.4) is 0 Å². The Labute approximate surface area is 183 Å². The third kappa shape index (κ3) is 3.85. The third-order valence-electron chi connectivity index (χ3n) is 4.78. The molecule has 1 nitrogen and oxygen atoms in total. The number of para-hydroxylation sites is 1. The van der Waals surface area contributed by atoms with Crippen molar-refractivity contribution in [1.29, 1.82) is 0 Å². The zero-order valence-corrected chi connectivity index (χ0v) is 17.9. The van der Waals surface area contributed by atoms with E-state index in [1.54, 1.807) is 23.1 Å². The van der Waals surface area contributed by atoms with Crippen LogP contribution in [0, 0.1) is 0 Å². The van der Waals surface area contributed by atoms with Crippen LogP contribution in [0.5, 0.6) is 0 Å². The van der Waals surface area contributed by atoms with Gasteiger partial charge in [-0.15, -0.1) is 34.4 Å². The summed E-state index contributed by atoms with van der Waals surface area (Å²) in [4.78, 5) is 5.96. The number of nitrogens with zero attached hydrogens (tertiary/aromatic N) is 1. The van der Waals surface area contributed by atoms with Gasteiger partial charge in [0.15, 0.2) is 0 Å². The van der Waals surface area contributed by atoms with E-state index in [9.17, 15) is 13.2 Å². The second-order valence-electron chi connectivity index (χ2n) is 6.77. The van der Waals surface area contributed by atoms with Gasteiger partial charge in [0.1, 0.15) is 5.01 Å². The number of thioether (sulfide) groups is 1. The maximum Gasteiger partial charge on any atom is 0.416 e. The number of fused-ring (bicyclic) bond motifs is 2. The number of hydrogen-bond acceptors (Lipinski definition) is 4. The van der Waals surface area contributed by atoms with Gasteiger partial charge >= 0.3 is 6.18 Å². The zero-order chi connectivity index (χ0) is 20.7. The molecule has 0 spiro atoms. The number of halogens is 3. The zero-order valence-electron chi connectivity index (χ0n) is 15.4. The van der Waals surface area contributed by atoms with E-state index in [0.29, 0.717) is 5.56 Å². The number of rotatable bonds is 4. The Bertz CT molecular complexity index is 1330. The topological polar surface area (TPSA) is 12.9 Å². The predicted octanol–water partition coefficient (Wildman–Crippen LogP) is 8.49. The molecule has 0 aliphatic heterocycles. The summed E-state index contributed by atoms with van der Waals surface area (Å²) in [7, 11) is 0. The standard InChI is InChI=1S/C23H14F3NS3/c24-23(25,26)17-7-4-15(5-8-17)22-27-21-16(2-1-3-19(21)30-22)13-29-18-9-6-14-10-11-28-20(14)12-18/h1-12H,13H2. The number of hydrogen-bond donors (Lipinski definition) is 0. The summed E-state index contributed by atoms with van der Waals surface area (Å²) >= 11 is 5.00. The summed E-state index contributed by atoms with van der Waals surface area (Å²) in [6.45, 7) is 0. The van der Waals surface area contributed by atoms with Crippen molar-refractivity contribution in [3.63, 3.8) is 0 Å². The van der Waals surface area contributed by atoms with E-state index >= 15 is 0 Å². The Hall–Kier alpha value is -2.35. The quantitative estimate of drug-likeness (QED) is 0.251. The first-order chi connectivity index (χ1) is 14.5. The Kier molecular flexibility index (Phi) is 5.05. The van der Waals surface area contributed by atoms with Crippen LogP contribution in [-0.4, -0.2) is 4.98 Å². The van der Waals surface area contributed by atoms with Crippen molar-refractivity contribution in [2.75, 3.05) is 0 Å². The van der Waals surface area contributed by atoms with Gasteiger partial charge in [0.2, 0.25) is 0 Å². The highest BCUT2D eigenvalue weighted by molar-refractivity contribution is 7.98. The first kappa shape index (κ1) is 19.6. The van der Waals surface area contributed by atoms with Gasteiger partial charge in [0, 0.05) is 20.9 Å². The summed E-state index contributed by atoms with van der Waals surface area (Å²) in [6, 6.07) is 19.9. The first-order valence-electron chi connectivity index (χ1n) is 9.13. The van der Waals surface area contributed by atoms with Crippen molar-refractivity contribution in [2.45, 2.75) is 16.8 Å². The minimum absolute atomic E-state index is 0.646. The van der Waals surface area contributed by atoms with Crippen LogP contribution < -0.4 is 0 Å². The van der Waals surface area contributed by atoms with Crippen molar-refractivity contribution in [2.24, 2.45) is 0 Å². The minimum atomic E-state index is -4.33. The second-order valence-corrected chi connectivity index (χ2v) is 9.79. The van der Waals surface area contributed by atoms with Crippen LogP contribution in [0.15, 0.2) is 77.0 Å². The Morgan fingerprint density at radius 1 is 0.900 bits per heavy atom. The molecular formula is C23H14F3NS3. The molecule has 3 aromatic carbocycles. The highest BCUT2D eigenvalue weighted by Gasteiger charge is 2.30. The lowest BCUT2D eigenvalue weighted by atomic mass is 10.1. The Morgan fingerprint density at radius 3 is 2.53 bits per heavy atom. The van der Waals surface area contributed by atoms with E-state index in [4.69, 9.17) is 4.98 Å². The van der Waals surface area contributed by atoms with Crippen molar-refractivity contribution < 1.29 is 13.2 Å². The van der Waals surface area contributed by atoms with Crippen LogP contribution in [0.1, 0.15) is 11.1 Å². The average molecular weight is 458 g/mol. The van der Waals surface area contributed by atoms with E-state index in [-0.39, 0.29) is 0 Å².